The van der Waals surface area contributed by atoms with Crippen molar-refractivity contribution in [2.24, 2.45) is 0 Å². The van der Waals surface area contributed by atoms with Crippen LogP contribution in [0.4, 0.5) is 0 Å². The van der Waals surface area contributed by atoms with Gasteiger partial charge in [-0.15, -0.1) is 11.3 Å². The van der Waals surface area contributed by atoms with Crippen molar-refractivity contribution >= 4 is 11.3 Å². The van der Waals surface area contributed by atoms with Crippen molar-refractivity contribution in [3.8, 4) is 22.4 Å². The molecule has 0 atom stereocenters. The highest BCUT2D eigenvalue weighted by Gasteiger charge is 2.01. The van der Waals surface area contributed by atoms with E-state index in [4.69, 9.17) is 0 Å². The Morgan fingerprint density at radius 1 is 0.900 bits per heavy atom. The molecule has 3 rings (SSSR count). The third-order valence-corrected chi connectivity index (χ3v) is 3.93. The summed E-state index contributed by atoms with van der Waals surface area (Å²) in [6.45, 7) is 2.08. The van der Waals surface area contributed by atoms with Gasteiger partial charge in [-0.05, 0) is 43.3 Å². The number of rotatable bonds is 1. The van der Waals surface area contributed by atoms with Gasteiger partial charge in [0.1, 0.15) is 0 Å². The van der Waals surface area contributed by atoms with E-state index in [2.05, 4.69) is 60.1 Å². The standard InChI is InChI=1S/C18H13NS/c1-14-5-7-15(8-6-14)9-10-16-11-12-18(20-16)17-4-2-3-13-19-17/h2-8,11-13H,1H3. The van der Waals surface area contributed by atoms with Crippen LogP contribution in [-0.4, -0.2) is 4.98 Å². The van der Waals surface area contributed by atoms with Crippen molar-refractivity contribution in [2.45, 2.75) is 6.92 Å². The van der Waals surface area contributed by atoms with Gasteiger partial charge in [0.15, 0.2) is 0 Å². The molecule has 0 aliphatic rings. The van der Waals surface area contributed by atoms with Crippen LogP contribution in [0.15, 0.2) is 60.8 Å². The number of aromatic nitrogens is 1. The zero-order chi connectivity index (χ0) is 13.8. The van der Waals surface area contributed by atoms with Crippen molar-refractivity contribution in [2.75, 3.05) is 0 Å². The molecule has 1 nitrogen and oxygen atoms in total. The lowest BCUT2D eigenvalue weighted by Crippen LogP contribution is -1.75. The van der Waals surface area contributed by atoms with Crippen LogP contribution >= 0.6 is 11.3 Å². The fraction of sp³-hybridized carbons (Fsp3) is 0.0556. The van der Waals surface area contributed by atoms with Crippen molar-refractivity contribution in [3.05, 3.63) is 76.8 Å². The van der Waals surface area contributed by atoms with Crippen LogP contribution in [0.3, 0.4) is 0 Å². The summed E-state index contributed by atoms with van der Waals surface area (Å²) in [6.07, 6.45) is 1.81. The van der Waals surface area contributed by atoms with E-state index in [1.165, 1.54) is 5.56 Å². The molecule has 0 N–H and O–H groups in total. The molecule has 0 aliphatic heterocycles. The largest absolute Gasteiger partial charge is 0.255 e. The Bertz CT molecular complexity index is 758. The van der Waals surface area contributed by atoms with Gasteiger partial charge in [0.05, 0.1) is 15.4 Å². The second-order valence-electron chi connectivity index (χ2n) is 4.49. The number of aryl methyl sites for hydroxylation is 1. The first kappa shape index (κ1) is 12.7. The number of nitrogens with zero attached hydrogens (tertiary/aromatic N) is 1. The SMILES string of the molecule is Cc1ccc(C#Cc2ccc(-c3ccccn3)s2)cc1. The molecule has 1 aromatic carbocycles. The second kappa shape index (κ2) is 5.73. The van der Waals surface area contributed by atoms with E-state index in [9.17, 15) is 0 Å². The van der Waals surface area contributed by atoms with E-state index in [0.717, 1.165) is 21.0 Å². The van der Waals surface area contributed by atoms with Crippen molar-refractivity contribution in [1.82, 2.24) is 4.98 Å². The van der Waals surface area contributed by atoms with Gasteiger partial charge in [-0.1, -0.05) is 35.6 Å². The average molecular weight is 275 g/mol. The van der Waals surface area contributed by atoms with Gasteiger partial charge in [-0.2, -0.15) is 0 Å². The van der Waals surface area contributed by atoms with Gasteiger partial charge in [-0.25, -0.2) is 0 Å². The Morgan fingerprint density at radius 2 is 1.75 bits per heavy atom. The predicted molar refractivity (Wildman–Crippen MR) is 84.7 cm³/mol. The monoisotopic (exact) mass is 275 g/mol. The van der Waals surface area contributed by atoms with Gasteiger partial charge in [0.25, 0.3) is 0 Å². The Balaban J connectivity index is 1.83. The van der Waals surface area contributed by atoms with Crippen LogP contribution in [0.1, 0.15) is 16.0 Å². The average Bonchev–Trinajstić information content (AvgIpc) is 2.97. The first-order valence-electron chi connectivity index (χ1n) is 6.41. The number of benzene rings is 1. The van der Waals surface area contributed by atoms with E-state index < -0.39 is 0 Å². The number of hydrogen-bond donors (Lipinski definition) is 0. The summed E-state index contributed by atoms with van der Waals surface area (Å²) in [7, 11) is 0. The Labute approximate surface area is 122 Å². The highest BCUT2D eigenvalue weighted by Crippen LogP contribution is 2.25. The summed E-state index contributed by atoms with van der Waals surface area (Å²) in [5.41, 5.74) is 3.30. The summed E-state index contributed by atoms with van der Waals surface area (Å²) in [5.74, 6) is 6.40. The minimum atomic E-state index is 1.00. The summed E-state index contributed by atoms with van der Waals surface area (Å²) >= 11 is 1.67. The Kier molecular flexibility index (Phi) is 3.62. The van der Waals surface area contributed by atoms with Crippen molar-refractivity contribution < 1.29 is 0 Å². The first-order valence-corrected chi connectivity index (χ1v) is 7.23. The van der Waals surface area contributed by atoms with Gasteiger partial charge in [0, 0.05) is 11.8 Å². The number of thiophene rings is 1. The van der Waals surface area contributed by atoms with Crippen molar-refractivity contribution in [1.29, 1.82) is 0 Å². The second-order valence-corrected chi connectivity index (χ2v) is 5.58. The van der Waals surface area contributed by atoms with E-state index in [-0.39, 0.29) is 0 Å². The molecule has 2 heteroatoms. The van der Waals surface area contributed by atoms with E-state index >= 15 is 0 Å². The molecule has 0 radical (unpaired) electrons. The molecule has 0 unspecified atom stereocenters. The molecule has 0 saturated carbocycles. The van der Waals surface area contributed by atoms with Gasteiger partial charge < -0.3 is 0 Å². The normalized spacial score (nSPS) is 9.85. The fourth-order valence-electron chi connectivity index (χ4n) is 1.82. The maximum Gasteiger partial charge on any atom is 0.0802 e. The number of hydrogen-bond acceptors (Lipinski definition) is 2. The molecular formula is C18H13NS. The Hall–Kier alpha value is -2.37. The van der Waals surface area contributed by atoms with Gasteiger partial charge in [-0.3, -0.25) is 4.98 Å². The topological polar surface area (TPSA) is 12.9 Å². The third kappa shape index (κ3) is 2.96. The highest BCUT2D eigenvalue weighted by atomic mass is 32.1. The minimum Gasteiger partial charge on any atom is -0.255 e. The molecule has 0 aliphatic carbocycles. The summed E-state index contributed by atoms with van der Waals surface area (Å²) < 4.78 is 0. The summed E-state index contributed by atoms with van der Waals surface area (Å²) in [4.78, 5) is 6.57. The first-order chi connectivity index (χ1) is 9.81. The fourth-order valence-corrected chi connectivity index (χ4v) is 2.66. The van der Waals surface area contributed by atoms with Gasteiger partial charge in [0.2, 0.25) is 0 Å². The van der Waals surface area contributed by atoms with Crippen LogP contribution < -0.4 is 0 Å². The lowest BCUT2D eigenvalue weighted by molar-refractivity contribution is 1.34. The highest BCUT2D eigenvalue weighted by molar-refractivity contribution is 7.16. The lowest BCUT2D eigenvalue weighted by Gasteiger charge is -1.93. The Morgan fingerprint density at radius 3 is 2.50 bits per heavy atom. The molecule has 0 amide bonds. The quantitative estimate of drug-likeness (QED) is 0.595. The minimum absolute atomic E-state index is 1.00. The molecule has 0 saturated heterocycles. The molecule has 96 valence electrons. The zero-order valence-corrected chi connectivity index (χ0v) is 11.9. The molecule has 0 fully saturated rings. The van der Waals surface area contributed by atoms with Crippen LogP contribution in [0.5, 0.6) is 0 Å². The molecular weight excluding hydrogens is 262 g/mol. The predicted octanol–water partition coefficient (Wildman–Crippen LogP) is 4.52. The van der Waals surface area contributed by atoms with Crippen LogP contribution in [0.2, 0.25) is 0 Å². The van der Waals surface area contributed by atoms with E-state index in [0.29, 0.717) is 0 Å². The van der Waals surface area contributed by atoms with E-state index in [1.807, 2.05) is 24.4 Å². The maximum atomic E-state index is 4.35. The van der Waals surface area contributed by atoms with Crippen molar-refractivity contribution in [3.63, 3.8) is 0 Å². The number of pyridine rings is 1. The van der Waals surface area contributed by atoms with Crippen LogP contribution in [0, 0.1) is 18.8 Å². The third-order valence-electron chi connectivity index (χ3n) is 2.90. The molecule has 2 aromatic heterocycles. The van der Waals surface area contributed by atoms with Crippen LogP contribution in [-0.2, 0) is 0 Å². The lowest BCUT2D eigenvalue weighted by atomic mass is 10.1. The van der Waals surface area contributed by atoms with Gasteiger partial charge >= 0.3 is 0 Å². The van der Waals surface area contributed by atoms with E-state index in [1.54, 1.807) is 11.3 Å². The zero-order valence-electron chi connectivity index (χ0n) is 11.1. The summed E-state index contributed by atoms with van der Waals surface area (Å²) in [5, 5.41) is 0. The maximum absolute atomic E-state index is 4.35. The molecule has 0 bridgehead atoms. The molecule has 20 heavy (non-hydrogen) atoms. The van der Waals surface area contributed by atoms with Crippen LogP contribution in [0.25, 0.3) is 10.6 Å². The molecule has 2 heterocycles. The smallest absolute Gasteiger partial charge is 0.0802 e. The molecule has 0 spiro atoms. The molecule has 3 aromatic rings. The summed E-state index contributed by atoms with van der Waals surface area (Å²) in [6, 6.07) is 18.3.